The molecule has 1 unspecified atom stereocenters. The molecular formula is C14H28N2O3. The third-order valence-electron chi connectivity index (χ3n) is 3.12. The molecule has 0 rings (SSSR count). The zero-order valence-corrected chi connectivity index (χ0v) is 12.8. The number of rotatable bonds is 7. The molecular weight excluding hydrogens is 244 g/mol. The molecule has 0 aromatic carbocycles. The van der Waals surface area contributed by atoms with Gasteiger partial charge in [-0.1, -0.05) is 27.7 Å². The molecule has 1 atom stereocenters. The summed E-state index contributed by atoms with van der Waals surface area (Å²) in [6.45, 7) is 9.70. The highest BCUT2D eigenvalue weighted by Gasteiger charge is 2.23. The molecule has 2 amide bonds. The van der Waals surface area contributed by atoms with Crippen LogP contribution in [0.2, 0.25) is 0 Å². The summed E-state index contributed by atoms with van der Waals surface area (Å²) in [4.78, 5) is 23.3. The number of aliphatic hydroxyl groups is 1. The Balaban J connectivity index is 3.91. The Hall–Kier alpha value is -1.10. The molecule has 0 aliphatic carbocycles. The van der Waals surface area contributed by atoms with Crippen LogP contribution in [-0.2, 0) is 9.59 Å². The fourth-order valence-corrected chi connectivity index (χ4v) is 1.35. The second kappa shape index (κ2) is 7.48. The first kappa shape index (κ1) is 17.9. The van der Waals surface area contributed by atoms with Gasteiger partial charge < -0.3 is 15.7 Å². The topological polar surface area (TPSA) is 78.4 Å². The SMILES string of the molecule is CCC(C)(CO)NC(=O)CCCNC(=O)C(C)(C)C. The number of carbonyl (C=O) groups excluding carboxylic acids is 2. The van der Waals surface area contributed by atoms with Crippen LogP contribution in [0.3, 0.4) is 0 Å². The number of carbonyl (C=O) groups is 2. The van der Waals surface area contributed by atoms with E-state index >= 15 is 0 Å². The van der Waals surface area contributed by atoms with Crippen molar-refractivity contribution >= 4 is 11.8 Å². The van der Waals surface area contributed by atoms with Gasteiger partial charge in [0.2, 0.25) is 11.8 Å². The van der Waals surface area contributed by atoms with Crippen molar-refractivity contribution in [1.29, 1.82) is 0 Å². The fraction of sp³-hybridized carbons (Fsp3) is 0.857. The first-order valence-corrected chi connectivity index (χ1v) is 6.85. The van der Waals surface area contributed by atoms with E-state index in [9.17, 15) is 14.7 Å². The highest BCUT2D eigenvalue weighted by atomic mass is 16.3. The van der Waals surface area contributed by atoms with Crippen LogP contribution in [0.15, 0.2) is 0 Å². The minimum atomic E-state index is -0.550. The fourth-order valence-electron chi connectivity index (χ4n) is 1.35. The standard InChI is InChI=1S/C14H28N2O3/c1-6-14(5,10-17)16-11(18)8-7-9-15-12(19)13(2,3)4/h17H,6-10H2,1-5H3,(H,15,19)(H,16,18). The van der Waals surface area contributed by atoms with E-state index in [0.29, 0.717) is 25.8 Å². The first-order valence-electron chi connectivity index (χ1n) is 6.85. The number of aliphatic hydroxyl groups excluding tert-OH is 1. The van der Waals surface area contributed by atoms with Crippen molar-refractivity contribution in [3.8, 4) is 0 Å². The lowest BCUT2D eigenvalue weighted by Crippen LogP contribution is -2.48. The predicted octanol–water partition coefficient (Wildman–Crippen LogP) is 1.21. The molecule has 19 heavy (non-hydrogen) atoms. The van der Waals surface area contributed by atoms with Crippen LogP contribution >= 0.6 is 0 Å². The van der Waals surface area contributed by atoms with Gasteiger partial charge in [-0.15, -0.1) is 0 Å². The van der Waals surface area contributed by atoms with Gasteiger partial charge in [0.05, 0.1) is 12.1 Å². The van der Waals surface area contributed by atoms with Crippen LogP contribution in [0.25, 0.3) is 0 Å². The summed E-state index contributed by atoms with van der Waals surface area (Å²) < 4.78 is 0. The molecule has 0 aliphatic rings. The molecule has 0 radical (unpaired) electrons. The van der Waals surface area contributed by atoms with Crippen molar-refractivity contribution in [1.82, 2.24) is 10.6 Å². The summed E-state index contributed by atoms with van der Waals surface area (Å²) in [5.74, 6) is -0.106. The van der Waals surface area contributed by atoms with Gasteiger partial charge in [0, 0.05) is 18.4 Å². The van der Waals surface area contributed by atoms with E-state index in [1.54, 1.807) is 0 Å². The van der Waals surface area contributed by atoms with Gasteiger partial charge in [0.1, 0.15) is 0 Å². The number of hydrogen-bond donors (Lipinski definition) is 3. The maximum atomic E-state index is 11.7. The quantitative estimate of drug-likeness (QED) is 0.609. The average molecular weight is 272 g/mol. The van der Waals surface area contributed by atoms with E-state index < -0.39 is 11.0 Å². The highest BCUT2D eigenvalue weighted by molar-refractivity contribution is 5.81. The highest BCUT2D eigenvalue weighted by Crippen LogP contribution is 2.12. The summed E-state index contributed by atoms with van der Waals surface area (Å²) >= 11 is 0. The minimum absolute atomic E-state index is 0.0123. The van der Waals surface area contributed by atoms with E-state index in [0.717, 1.165) is 0 Å². The van der Waals surface area contributed by atoms with E-state index in [2.05, 4.69) is 10.6 Å². The Morgan fingerprint density at radius 2 is 1.74 bits per heavy atom. The van der Waals surface area contributed by atoms with Crippen molar-refractivity contribution in [3.63, 3.8) is 0 Å². The van der Waals surface area contributed by atoms with Crippen molar-refractivity contribution in [2.45, 2.75) is 59.4 Å². The molecule has 0 spiro atoms. The van der Waals surface area contributed by atoms with Crippen molar-refractivity contribution in [2.75, 3.05) is 13.2 Å². The molecule has 0 bridgehead atoms. The van der Waals surface area contributed by atoms with Crippen molar-refractivity contribution in [2.24, 2.45) is 5.41 Å². The zero-order valence-electron chi connectivity index (χ0n) is 12.8. The van der Waals surface area contributed by atoms with Crippen LogP contribution in [-0.4, -0.2) is 35.6 Å². The monoisotopic (exact) mass is 272 g/mol. The van der Waals surface area contributed by atoms with Gasteiger partial charge >= 0.3 is 0 Å². The number of amides is 2. The number of nitrogens with one attached hydrogen (secondary N) is 2. The van der Waals surface area contributed by atoms with E-state index in [-0.39, 0.29) is 18.4 Å². The second-order valence-corrected chi connectivity index (χ2v) is 6.23. The first-order chi connectivity index (χ1) is 8.64. The molecule has 0 saturated heterocycles. The summed E-state index contributed by atoms with van der Waals surface area (Å²) in [6.07, 6.45) is 1.62. The van der Waals surface area contributed by atoms with Crippen LogP contribution in [0.4, 0.5) is 0 Å². The Bertz CT molecular complexity index is 304. The molecule has 5 nitrogen and oxygen atoms in total. The second-order valence-electron chi connectivity index (χ2n) is 6.23. The Morgan fingerprint density at radius 1 is 1.16 bits per heavy atom. The van der Waals surface area contributed by atoms with Gasteiger partial charge in [0.15, 0.2) is 0 Å². The van der Waals surface area contributed by atoms with Gasteiger partial charge in [-0.05, 0) is 19.8 Å². The Kier molecular flexibility index (Phi) is 7.05. The summed E-state index contributed by atoms with van der Waals surface area (Å²) in [6, 6.07) is 0. The third-order valence-corrected chi connectivity index (χ3v) is 3.12. The van der Waals surface area contributed by atoms with Crippen LogP contribution < -0.4 is 10.6 Å². The third kappa shape index (κ3) is 7.15. The molecule has 0 heterocycles. The molecule has 0 aromatic heterocycles. The van der Waals surface area contributed by atoms with E-state index in [1.807, 2.05) is 34.6 Å². The minimum Gasteiger partial charge on any atom is -0.394 e. The molecule has 0 aliphatic heterocycles. The maximum absolute atomic E-state index is 11.7. The lowest BCUT2D eigenvalue weighted by atomic mass is 9.96. The molecule has 0 aromatic rings. The zero-order chi connectivity index (χ0) is 15.1. The average Bonchev–Trinajstić information content (AvgIpc) is 2.33. The smallest absolute Gasteiger partial charge is 0.225 e. The summed E-state index contributed by atoms with van der Waals surface area (Å²) in [5, 5.41) is 14.8. The van der Waals surface area contributed by atoms with Gasteiger partial charge in [-0.2, -0.15) is 0 Å². The van der Waals surface area contributed by atoms with Crippen LogP contribution in [0.1, 0.15) is 53.9 Å². The van der Waals surface area contributed by atoms with Gasteiger partial charge in [-0.25, -0.2) is 0 Å². The molecule has 0 fully saturated rings. The Labute approximate surface area is 116 Å². The summed E-state index contributed by atoms with van der Waals surface area (Å²) in [5.41, 5.74) is -0.953. The largest absolute Gasteiger partial charge is 0.394 e. The van der Waals surface area contributed by atoms with Crippen LogP contribution in [0.5, 0.6) is 0 Å². The predicted molar refractivity (Wildman–Crippen MR) is 75.6 cm³/mol. The lowest BCUT2D eigenvalue weighted by Gasteiger charge is -2.27. The van der Waals surface area contributed by atoms with Gasteiger partial charge in [-0.3, -0.25) is 9.59 Å². The van der Waals surface area contributed by atoms with E-state index in [4.69, 9.17) is 0 Å². The molecule has 112 valence electrons. The van der Waals surface area contributed by atoms with Crippen LogP contribution in [0, 0.1) is 5.41 Å². The maximum Gasteiger partial charge on any atom is 0.225 e. The number of hydrogen-bond acceptors (Lipinski definition) is 3. The van der Waals surface area contributed by atoms with Crippen molar-refractivity contribution < 1.29 is 14.7 Å². The normalized spacial score (nSPS) is 14.6. The molecule has 5 heteroatoms. The van der Waals surface area contributed by atoms with Gasteiger partial charge in [0.25, 0.3) is 0 Å². The van der Waals surface area contributed by atoms with E-state index in [1.165, 1.54) is 0 Å². The molecule has 3 N–H and O–H groups in total. The lowest BCUT2D eigenvalue weighted by molar-refractivity contribution is -0.129. The Morgan fingerprint density at radius 3 is 2.16 bits per heavy atom. The molecule has 0 saturated carbocycles. The van der Waals surface area contributed by atoms with Crippen molar-refractivity contribution in [3.05, 3.63) is 0 Å². The summed E-state index contributed by atoms with van der Waals surface area (Å²) in [7, 11) is 0.